The highest BCUT2D eigenvalue weighted by molar-refractivity contribution is 8.18. The van der Waals surface area contributed by atoms with Crippen LogP contribution in [0.2, 0.25) is 0 Å². The van der Waals surface area contributed by atoms with Crippen LogP contribution in [0, 0.1) is 5.92 Å². The van der Waals surface area contributed by atoms with E-state index in [1.165, 1.54) is 37.1 Å². The van der Waals surface area contributed by atoms with E-state index in [0.717, 1.165) is 5.56 Å². The lowest BCUT2D eigenvalue weighted by Crippen LogP contribution is -2.28. The van der Waals surface area contributed by atoms with Crippen molar-refractivity contribution in [3.8, 4) is 28.7 Å². The molecular formula is C29H31N3O7S. The van der Waals surface area contributed by atoms with Crippen LogP contribution < -0.4 is 18.9 Å². The van der Waals surface area contributed by atoms with Gasteiger partial charge in [-0.3, -0.25) is 9.69 Å². The van der Waals surface area contributed by atoms with E-state index in [-0.39, 0.29) is 29.7 Å². The molecule has 0 radical (unpaired) electrons. The number of phenols is 1. The fraction of sp³-hybridized carbons (Fsp3) is 0.276. The van der Waals surface area contributed by atoms with E-state index in [1.54, 1.807) is 43.7 Å². The Morgan fingerprint density at radius 2 is 1.70 bits per heavy atom. The summed E-state index contributed by atoms with van der Waals surface area (Å²) >= 11 is 1.20. The minimum Gasteiger partial charge on any atom is -0.502 e. The zero-order valence-electron chi connectivity index (χ0n) is 22.9. The predicted molar refractivity (Wildman–Crippen MR) is 154 cm³/mol. The zero-order chi connectivity index (χ0) is 28.6. The topological polar surface area (TPSA) is 115 Å². The van der Waals surface area contributed by atoms with Crippen molar-refractivity contribution in [1.29, 1.82) is 0 Å². The highest BCUT2D eigenvalue weighted by Crippen LogP contribution is 2.37. The molecule has 40 heavy (non-hydrogen) atoms. The van der Waals surface area contributed by atoms with Crippen LogP contribution >= 0.6 is 11.8 Å². The molecule has 10 nitrogen and oxygen atoms in total. The second kappa shape index (κ2) is 13.1. The van der Waals surface area contributed by atoms with Gasteiger partial charge in [0.25, 0.3) is 5.91 Å². The molecule has 1 N–H and O–H groups in total. The number of hydrogen-bond donors (Lipinski definition) is 1. The fourth-order valence-electron chi connectivity index (χ4n) is 3.71. The summed E-state index contributed by atoms with van der Waals surface area (Å²) in [6.07, 6.45) is 4.81. The van der Waals surface area contributed by atoms with E-state index in [4.69, 9.17) is 23.4 Å². The molecule has 0 aliphatic carbocycles. The molecule has 0 unspecified atom stereocenters. The average Bonchev–Trinajstić information content (AvgIpc) is 3.57. The number of amidine groups is 1. The molecule has 0 bridgehead atoms. The third-order valence-electron chi connectivity index (χ3n) is 5.69. The quantitative estimate of drug-likeness (QED) is 0.183. The zero-order valence-corrected chi connectivity index (χ0v) is 23.7. The Labute approximate surface area is 236 Å². The standard InChI is InChI=1S/C29H31N3O7S/c1-18(2)17-39-22-9-8-19(11-23(22)35-3)14-26-28(34)32(16-21-7-6-10-38-21)29(40-26)31-30-15-20-12-24(36-4)27(33)25(13-20)37-5/h6-15,18,33H,16-17H2,1-5H3/b26-14-,30-15-,31-29+. The van der Waals surface area contributed by atoms with Crippen molar-refractivity contribution in [1.82, 2.24) is 4.90 Å². The molecule has 2 aromatic carbocycles. The van der Waals surface area contributed by atoms with Crippen LogP contribution in [-0.2, 0) is 11.3 Å². The van der Waals surface area contributed by atoms with Gasteiger partial charge in [0, 0.05) is 5.56 Å². The van der Waals surface area contributed by atoms with Gasteiger partial charge in [-0.2, -0.15) is 5.10 Å². The Balaban J connectivity index is 1.62. The van der Waals surface area contributed by atoms with Crippen LogP contribution in [0.1, 0.15) is 30.7 Å². The van der Waals surface area contributed by atoms with Crippen LogP contribution in [-0.4, -0.2) is 55.2 Å². The molecule has 0 atom stereocenters. The lowest BCUT2D eigenvalue weighted by Gasteiger charge is -2.13. The molecular weight excluding hydrogens is 534 g/mol. The van der Waals surface area contributed by atoms with Crippen LogP contribution in [0.25, 0.3) is 6.08 Å². The summed E-state index contributed by atoms with van der Waals surface area (Å²) in [4.78, 5) is 15.4. The summed E-state index contributed by atoms with van der Waals surface area (Å²) in [7, 11) is 4.47. The molecule has 2 heterocycles. The fourth-order valence-corrected chi connectivity index (χ4v) is 4.65. The number of methoxy groups -OCH3 is 3. The van der Waals surface area contributed by atoms with Crippen LogP contribution in [0.5, 0.6) is 28.7 Å². The van der Waals surface area contributed by atoms with Gasteiger partial charge in [0.05, 0.1) is 51.9 Å². The molecule has 3 aromatic rings. The number of hydrogen-bond acceptors (Lipinski definition) is 10. The Hall–Kier alpha value is -4.38. The molecule has 0 saturated carbocycles. The van der Waals surface area contributed by atoms with Crippen molar-refractivity contribution in [3.63, 3.8) is 0 Å². The first kappa shape index (κ1) is 28.6. The van der Waals surface area contributed by atoms with Gasteiger partial charge in [-0.1, -0.05) is 19.9 Å². The number of aromatic hydroxyl groups is 1. The van der Waals surface area contributed by atoms with E-state index >= 15 is 0 Å². The maximum absolute atomic E-state index is 13.4. The number of nitrogens with zero attached hydrogens (tertiary/aromatic N) is 3. The Morgan fingerprint density at radius 3 is 2.33 bits per heavy atom. The third-order valence-corrected chi connectivity index (χ3v) is 6.69. The van der Waals surface area contributed by atoms with E-state index in [2.05, 4.69) is 24.1 Å². The molecule has 11 heteroatoms. The van der Waals surface area contributed by atoms with Crippen LogP contribution in [0.15, 0.2) is 68.3 Å². The van der Waals surface area contributed by atoms with Gasteiger partial charge >= 0.3 is 0 Å². The van der Waals surface area contributed by atoms with Gasteiger partial charge in [-0.15, -0.1) is 5.10 Å². The molecule has 210 valence electrons. The first-order valence-corrected chi connectivity index (χ1v) is 13.2. The highest BCUT2D eigenvalue weighted by Gasteiger charge is 2.34. The smallest absolute Gasteiger partial charge is 0.267 e. The Morgan fingerprint density at radius 1 is 1.00 bits per heavy atom. The number of amides is 1. The second-order valence-electron chi connectivity index (χ2n) is 9.10. The van der Waals surface area contributed by atoms with E-state index in [9.17, 15) is 9.90 Å². The maximum atomic E-state index is 13.4. The number of carbonyl (C=O) groups is 1. The normalized spacial score (nSPS) is 15.6. The minimum absolute atomic E-state index is 0.110. The van der Waals surface area contributed by atoms with Gasteiger partial charge in [-0.25, -0.2) is 0 Å². The summed E-state index contributed by atoms with van der Waals surface area (Å²) in [5.41, 5.74) is 1.36. The van der Waals surface area contributed by atoms with Crippen LogP contribution in [0.4, 0.5) is 0 Å². The maximum Gasteiger partial charge on any atom is 0.267 e. The molecule has 1 aliphatic rings. The monoisotopic (exact) mass is 565 g/mol. The van der Waals surface area contributed by atoms with Crippen LogP contribution in [0.3, 0.4) is 0 Å². The van der Waals surface area contributed by atoms with Crippen molar-refractivity contribution in [3.05, 3.63) is 70.5 Å². The van der Waals surface area contributed by atoms with E-state index in [0.29, 0.717) is 45.4 Å². The van der Waals surface area contributed by atoms with Crippen molar-refractivity contribution in [2.45, 2.75) is 20.4 Å². The number of phenolic OH excluding ortho intramolecular Hbond substituents is 1. The minimum atomic E-state index is -0.234. The van der Waals surface area contributed by atoms with Crippen molar-refractivity contribution in [2.75, 3.05) is 27.9 Å². The number of ether oxygens (including phenoxy) is 4. The summed E-state index contributed by atoms with van der Waals surface area (Å²) in [6, 6.07) is 12.3. The SMILES string of the molecule is COc1cc(/C=C2\S/C(=N/N=C\c3cc(OC)c(O)c(OC)c3)N(Cc3ccco3)C2=O)ccc1OCC(C)C. The second-order valence-corrected chi connectivity index (χ2v) is 10.1. The lowest BCUT2D eigenvalue weighted by molar-refractivity contribution is -0.122. The number of furan rings is 1. The van der Waals surface area contributed by atoms with Crippen molar-refractivity contribution < 1.29 is 33.3 Å². The molecule has 1 saturated heterocycles. The van der Waals surface area contributed by atoms with Gasteiger partial charge in [0.2, 0.25) is 5.75 Å². The predicted octanol–water partition coefficient (Wildman–Crippen LogP) is 5.55. The van der Waals surface area contributed by atoms with Crippen molar-refractivity contribution in [2.24, 2.45) is 16.1 Å². The summed E-state index contributed by atoms with van der Waals surface area (Å²) in [6.45, 7) is 4.90. The molecule has 1 fully saturated rings. The summed E-state index contributed by atoms with van der Waals surface area (Å²) in [5.74, 6) is 2.33. The van der Waals surface area contributed by atoms with E-state index in [1.807, 2.05) is 18.2 Å². The number of thioether (sulfide) groups is 1. The first-order chi connectivity index (χ1) is 19.3. The lowest BCUT2D eigenvalue weighted by atomic mass is 10.1. The number of rotatable bonds is 11. The molecule has 1 aromatic heterocycles. The van der Waals surface area contributed by atoms with Gasteiger partial charge in [0.15, 0.2) is 28.2 Å². The third kappa shape index (κ3) is 6.78. The summed E-state index contributed by atoms with van der Waals surface area (Å²) < 4.78 is 27.2. The first-order valence-electron chi connectivity index (χ1n) is 12.4. The number of carbonyl (C=O) groups excluding carboxylic acids is 1. The Bertz CT molecular complexity index is 1410. The molecule has 4 rings (SSSR count). The molecule has 0 spiro atoms. The summed E-state index contributed by atoms with van der Waals surface area (Å²) in [5, 5.41) is 19.0. The largest absolute Gasteiger partial charge is 0.502 e. The highest BCUT2D eigenvalue weighted by atomic mass is 32.2. The van der Waals surface area contributed by atoms with Gasteiger partial charge in [-0.05, 0) is 65.7 Å². The van der Waals surface area contributed by atoms with Crippen molar-refractivity contribution >= 4 is 35.1 Å². The number of benzene rings is 2. The molecule has 1 aliphatic heterocycles. The molecule has 1 amide bonds. The van der Waals surface area contributed by atoms with E-state index < -0.39 is 0 Å². The van der Waals surface area contributed by atoms with Gasteiger partial charge in [0.1, 0.15) is 5.76 Å². The van der Waals surface area contributed by atoms with Gasteiger partial charge < -0.3 is 28.5 Å². The Kier molecular flexibility index (Phi) is 9.39. The average molecular weight is 566 g/mol.